The zero-order valence-corrected chi connectivity index (χ0v) is 14.4. The molecule has 0 radical (unpaired) electrons. The average molecular weight is 371 g/mol. The van der Waals surface area contributed by atoms with Crippen LogP contribution in [0, 0.1) is 10.1 Å². The lowest BCUT2D eigenvalue weighted by Gasteiger charge is -2.22. The van der Waals surface area contributed by atoms with E-state index in [1.54, 1.807) is 35.2 Å². The van der Waals surface area contributed by atoms with Crippen molar-refractivity contribution < 1.29 is 14.1 Å². The third-order valence-corrected chi connectivity index (χ3v) is 4.06. The summed E-state index contributed by atoms with van der Waals surface area (Å²) in [5.74, 6) is 0.304. The zero-order chi connectivity index (χ0) is 18.5. The van der Waals surface area contributed by atoms with E-state index in [1.165, 1.54) is 24.5 Å². The molecular weight excluding hydrogens is 356 g/mol. The summed E-state index contributed by atoms with van der Waals surface area (Å²) in [6, 6.07) is 16.4. The van der Waals surface area contributed by atoms with Gasteiger partial charge in [0.1, 0.15) is 5.76 Å². The SMILES string of the molecule is O=C(c1cccc([N+](=O)[O-])c1)N(Cc1ccc(Cl)cc1)Cc1ccco1. The number of carbonyl (C=O) groups excluding carboxylic acids is 1. The number of nitrogens with zero attached hydrogens (tertiary/aromatic N) is 2. The molecule has 0 saturated carbocycles. The molecule has 6 nitrogen and oxygen atoms in total. The number of hydrogen-bond donors (Lipinski definition) is 0. The van der Waals surface area contributed by atoms with Gasteiger partial charge in [0.15, 0.2) is 0 Å². The van der Waals surface area contributed by atoms with Crippen LogP contribution in [0.5, 0.6) is 0 Å². The van der Waals surface area contributed by atoms with Gasteiger partial charge < -0.3 is 9.32 Å². The summed E-state index contributed by atoms with van der Waals surface area (Å²) in [7, 11) is 0. The summed E-state index contributed by atoms with van der Waals surface area (Å²) in [6.07, 6.45) is 1.54. The van der Waals surface area contributed by atoms with E-state index in [1.807, 2.05) is 12.1 Å². The molecule has 1 amide bonds. The fourth-order valence-electron chi connectivity index (χ4n) is 2.54. The highest BCUT2D eigenvalue weighted by Gasteiger charge is 2.20. The molecule has 0 aliphatic rings. The minimum Gasteiger partial charge on any atom is -0.467 e. The van der Waals surface area contributed by atoms with Gasteiger partial charge in [-0.1, -0.05) is 29.8 Å². The van der Waals surface area contributed by atoms with Gasteiger partial charge in [0.2, 0.25) is 0 Å². The molecule has 3 aromatic rings. The second-order valence-electron chi connectivity index (χ2n) is 5.67. The third-order valence-electron chi connectivity index (χ3n) is 3.80. The van der Waals surface area contributed by atoms with Crippen molar-refractivity contribution in [2.45, 2.75) is 13.1 Å². The van der Waals surface area contributed by atoms with Crippen LogP contribution in [0.25, 0.3) is 0 Å². The molecule has 0 aliphatic heterocycles. The molecule has 2 aromatic carbocycles. The van der Waals surface area contributed by atoms with Crippen molar-refractivity contribution in [1.82, 2.24) is 4.90 Å². The van der Waals surface area contributed by atoms with Crippen molar-refractivity contribution in [3.8, 4) is 0 Å². The number of carbonyl (C=O) groups is 1. The van der Waals surface area contributed by atoms with Crippen LogP contribution < -0.4 is 0 Å². The Kier molecular flexibility index (Phi) is 5.34. The zero-order valence-electron chi connectivity index (χ0n) is 13.7. The predicted molar refractivity (Wildman–Crippen MR) is 96.8 cm³/mol. The molecular formula is C19H15ClN2O4. The number of furan rings is 1. The van der Waals surface area contributed by atoms with Crippen molar-refractivity contribution in [3.05, 3.63) is 99.0 Å². The Balaban J connectivity index is 1.88. The Labute approximate surface area is 154 Å². The number of nitro groups is 1. The first-order valence-corrected chi connectivity index (χ1v) is 8.21. The van der Waals surface area contributed by atoms with Gasteiger partial charge >= 0.3 is 0 Å². The monoisotopic (exact) mass is 370 g/mol. The molecule has 7 heteroatoms. The van der Waals surface area contributed by atoms with Crippen molar-refractivity contribution >= 4 is 23.2 Å². The Hall–Kier alpha value is -3.12. The second-order valence-corrected chi connectivity index (χ2v) is 6.11. The first kappa shape index (κ1) is 17.7. The van der Waals surface area contributed by atoms with Crippen LogP contribution in [0.4, 0.5) is 5.69 Å². The topological polar surface area (TPSA) is 76.6 Å². The van der Waals surface area contributed by atoms with E-state index in [0.717, 1.165) is 5.56 Å². The number of nitro benzene ring substituents is 1. The molecule has 1 aromatic heterocycles. The fraction of sp³-hybridized carbons (Fsp3) is 0.105. The van der Waals surface area contributed by atoms with Crippen molar-refractivity contribution in [1.29, 1.82) is 0 Å². The number of halogens is 1. The van der Waals surface area contributed by atoms with Crippen LogP contribution in [-0.4, -0.2) is 15.7 Å². The number of hydrogen-bond acceptors (Lipinski definition) is 4. The second kappa shape index (κ2) is 7.84. The van der Waals surface area contributed by atoms with E-state index in [9.17, 15) is 14.9 Å². The summed E-state index contributed by atoms with van der Waals surface area (Å²) >= 11 is 5.91. The normalized spacial score (nSPS) is 10.5. The number of amides is 1. The summed E-state index contributed by atoms with van der Waals surface area (Å²) < 4.78 is 5.35. The maximum absolute atomic E-state index is 13.0. The van der Waals surface area contributed by atoms with Crippen LogP contribution in [0.2, 0.25) is 5.02 Å². The van der Waals surface area contributed by atoms with Gasteiger partial charge in [0.05, 0.1) is 17.7 Å². The first-order valence-electron chi connectivity index (χ1n) is 7.83. The summed E-state index contributed by atoms with van der Waals surface area (Å²) in [5.41, 5.74) is 1.01. The quantitative estimate of drug-likeness (QED) is 0.466. The van der Waals surface area contributed by atoms with Gasteiger partial charge in [0, 0.05) is 29.3 Å². The molecule has 132 valence electrons. The summed E-state index contributed by atoms with van der Waals surface area (Å²) in [4.78, 5) is 25.0. The molecule has 0 fully saturated rings. The van der Waals surface area contributed by atoms with Crippen molar-refractivity contribution in [2.24, 2.45) is 0 Å². The van der Waals surface area contributed by atoms with Gasteiger partial charge in [-0.05, 0) is 35.9 Å². The lowest BCUT2D eigenvalue weighted by atomic mass is 10.1. The van der Waals surface area contributed by atoms with E-state index < -0.39 is 4.92 Å². The molecule has 0 saturated heterocycles. The lowest BCUT2D eigenvalue weighted by molar-refractivity contribution is -0.384. The molecule has 0 N–H and O–H groups in total. The lowest BCUT2D eigenvalue weighted by Crippen LogP contribution is -2.30. The van der Waals surface area contributed by atoms with E-state index in [-0.39, 0.29) is 23.7 Å². The van der Waals surface area contributed by atoms with Gasteiger partial charge in [-0.2, -0.15) is 0 Å². The Morgan fingerprint density at radius 1 is 1.08 bits per heavy atom. The van der Waals surface area contributed by atoms with Gasteiger partial charge in [-0.3, -0.25) is 14.9 Å². The summed E-state index contributed by atoms with van der Waals surface area (Å²) in [5, 5.41) is 11.6. The largest absolute Gasteiger partial charge is 0.467 e. The van der Waals surface area contributed by atoms with Crippen LogP contribution in [-0.2, 0) is 13.1 Å². The highest BCUT2D eigenvalue weighted by Crippen LogP contribution is 2.19. The molecule has 0 atom stereocenters. The third kappa shape index (κ3) is 4.29. The van der Waals surface area contributed by atoms with E-state index in [0.29, 0.717) is 17.3 Å². The summed E-state index contributed by atoms with van der Waals surface area (Å²) in [6.45, 7) is 0.566. The molecule has 3 rings (SSSR count). The maximum atomic E-state index is 13.0. The average Bonchev–Trinajstić information content (AvgIpc) is 3.15. The van der Waals surface area contributed by atoms with Crippen LogP contribution in [0.15, 0.2) is 71.3 Å². The molecule has 26 heavy (non-hydrogen) atoms. The van der Waals surface area contributed by atoms with Crippen molar-refractivity contribution in [3.63, 3.8) is 0 Å². The molecule has 0 unspecified atom stereocenters. The van der Waals surface area contributed by atoms with Gasteiger partial charge in [-0.15, -0.1) is 0 Å². The van der Waals surface area contributed by atoms with E-state index in [4.69, 9.17) is 16.0 Å². The first-order chi connectivity index (χ1) is 12.5. The van der Waals surface area contributed by atoms with Crippen molar-refractivity contribution in [2.75, 3.05) is 0 Å². The Bertz CT molecular complexity index is 908. The molecule has 0 aliphatic carbocycles. The van der Waals surface area contributed by atoms with Crippen LogP contribution in [0.3, 0.4) is 0 Å². The minimum absolute atomic E-state index is 0.125. The predicted octanol–water partition coefficient (Wildman–Crippen LogP) is 4.68. The Morgan fingerprint density at radius 3 is 2.50 bits per heavy atom. The maximum Gasteiger partial charge on any atom is 0.270 e. The molecule has 1 heterocycles. The number of benzene rings is 2. The fourth-order valence-corrected chi connectivity index (χ4v) is 2.66. The molecule has 0 bridgehead atoms. The van der Waals surface area contributed by atoms with Crippen LogP contribution >= 0.6 is 11.6 Å². The van der Waals surface area contributed by atoms with Crippen LogP contribution in [0.1, 0.15) is 21.7 Å². The highest BCUT2D eigenvalue weighted by molar-refractivity contribution is 6.30. The number of rotatable bonds is 6. The van der Waals surface area contributed by atoms with E-state index >= 15 is 0 Å². The number of non-ortho nitro benzene ring substituents is 1. The Morgan fingerprint density at radius 2 is 1.85 bits per heavy atom. The minimum atomic E-state index is -0.521. The standard InChI is InChI=1S/C19H15ClN2O4/c20-16-8-6-14(7-9-16)12-21(13-18-5-2-10-26-18)19(23)15-3-1-4-17(11-15)22(24)25/h1-11H,12-13H2. The van der Waals surface area contributed by atoms with E-state index in [2.05, 4.69) is 0 Å². The van der Waals surface area contributed by atoms with Gasteiger partial charge in [-0.25, -0.2) is 0 Å². The molecule has 0 spiro atoms. The highest BCUT2D eigenvalue weighted by atomic mass is 35.5. The smallest absolute Gasteiger partial charge is 0.270 e. The van der Waals surface area contributed by atoms with Gasteiger partial charge in [0.25, 0.3) is 11.6 Å².